The summed E-state index contributed by atoms with van der Waals surface area (Å²) >= 11 is 2.93. The lowest BCUT2D eigenvalue weighted by molar-refractivity contribution is 0.163. The maximum Gasteiger partial charge on any atom is 0.322 e. The lowest BCUT2D eigenvalue weighted by Gasteiger charge is -2.34. The Kier molecular flexibility index (Phi) is 4.03. The van der Waals surface area contributed by atoms with Gasteiger partial charge in [-0.1, -0.05) is 0 Å². The molecule has 1 atom stereocenters. The van der Waals surface area contributed by atoms with Crippen LogP contribution >= 0.6 is 22.7 Å². The Labute approximate surface area is 145 Å². The monoisotopic (exact) mass is 361 g/mol. The third kappa shape index (κ3) is 2.69. The second kappa shape index (κ2) is 6.33. The van der Waals surface area contributed by atoms with E-state index in [1.54, 1.807) is 34.0 Å². The van der Waals surface area contributed by atoms with Crippen LogP contribution in [-0.2, 0) is 0 Å². The van der Waals surface area contributed by atoms with Gasteiger partial charge in [-0.3, -0.25) is 9.20 Å². The molecular formula is C15H15N5O2S2. The minimum atomic E-state index is -0.274. The van der Waals surface area contributed by atoms with Crippen molar-refractivity contribution in [1.82, 2.24) is 19.3 Å². The van der Waals surface area contributed by atoms with E-state index in [1.807, 2.05) is 5.38 Å². The van der Waals surface area contributed by atoms with E-state index in [1.165, 1.54) is 21.9 Å². The van der Waals surface area contributed by atoms with Crippen molar-refractivity contribution >= 4 is 39.4 Å². The number of carbonyl (C=O) groups is 1. The van der Waals surface area contributed by atoms with Crippen molar-refractivity contribution in [1.29, 1.82) is 0 Å². The van der Waals surface area contributed by atoms with Gasteiger partial charge in [0.05, 0.1) is 12.2 Å². The summed E-state index contributed by atoms with van der Waals surface area (Å²) in [6, 6.07) is -0.302. The summed E-state index contributed by atoms with van der Waals surface area (Å²) in [6.45, 7) is 0.658. The summed E-state index contributed by atoms with van der Waals surface area (Å²) in [5.41, 5.74) is -0.0724. The van der Waals surface area contributed by atoms with Gasteiger partial charge >= 0.3 is 6.03 Å². The number of nitrogens with zero attached hydrogens (tertiary/aromatic N) is 4. The molecule has 0 aliphatic carbocycles. The van der Waals surface area contributed by atoms with E-state index in [4.69, 9.17) is 0 Å². The molecule has 4 heterocycles. The number of piperidine rings is 1. The van der Waals surface area contributed by atoms with Crippen molar-refractivity contribution in [3.05, 3.63) is 44.7 Å². The zero-order valence-electron chi connectivity index (χ0n) is 12.7. The first kappa shape index (κ1) is 15.3. The third-order valence-corrected chi connectivity index (χ3v) is 5.73. The molecular weight excluding hydrogens is 346 g/mol. The van der Waals surface area contributed by atoms with Crippen LogP contribution in [0.3, 0.4) is 0 Å². The quantitative estimate of drug-likeness (QED) is 0.761. The molecule has 24 heavy (non-hydrogen) atoms. The number of anilines is 1. The first-order chi connectivity index (χ1) is 11.7. The number of hydrogen-bond acceptors (Lipinski definition) is 6. The Morgan fingerprint density at radius 2 is 2.17 bits per heavy atom. The van der Waals surface area contributed by atoms with Crippen molar-refractivity contribution in [3.63, 3.8) is 0 Å². The lowest BCUT2D eigenvalue weighted by Crippen LogP contribution is -2.42. The summed E-state index contributed by atoms with van der Waals surface area (Å²) < 4.78 is 1.44. The Bertz CT molecular complexity index is 917. The summed E-state index contributed by atoms with van der Waals surface area (Å²) in [6.07, 6.45) is 7.75. The fraction of sp³-hybridized carbons (Fsp3) is 0.333. The number of amides is 2. The number of thiazole rings is 2. The summed E-state index contributed by atoms with van der Waals surface area (Å²) in [7, 11) is 0. The number of urea groups is 1. The molecule has 0 spiro atoms. The molecule has 1 aliphatic rings. The molecule has 1 aliphatic heterocycles. The maximum absolute atomic E-state index is 12.7. The molecule has 0 saturated carbocycles. The van der Waals surface area contributed by atoms with E-state index in [-0.39, 0.29) is 23.3 Å². The number of carbonyl (C=O) groups excluding carboxylic acids is 1. The van der Waals surface area contributed by atoms with Crippen LogP contribution < -0.4 is 10.9 Å². The minimum absolute atomic E-state index is 0.0284. The largest absolute Gasteiger partial charge is 0.322 e. The van der Waals surface area contributed by atoms with Gasteiger partial charge in [0.15, 0.2) is 4.96 Å². The second-order valence-electron chi connectivity index (χ2n) is 5.54. The van der Waals surface area contributed by atoms with Crippen molar-refractivity contribution in [2.45, 2.75) is 25.3 Å². The number of hydrogen-bond donors (Lipinski definition) is 1. The first-order valence-corrected chi connectivity index (χ1v) is 9.42. The van der Waals surface area contributed by atoms with Gasteiger partial charge < -0.3 is 10.2 Å². The molecule has 9 heteroatoms. The van der Waals surface area contributed by atoms with Crippen LogP contribution in [0.2, 0.25) is 0 Å². The lowest BCUT2D eigenvalue weighted by atomic mass is 10.0. The molecule has 3 aromatic heterocycles. The Balaban J connectivity index is 1.59. The zero-order valence-corrected chi connectivity index (χ0v) is 14.3. The zero-order chi connectivity index (χ0) is 16.5. The van der Waals surface area contributed by atoms with Crippen molar-refractivity contribution < 1.29 is 4.79 Å². The van der Waals surface area contributed by atoms with Gasteiger partial charge in [0.25, 0.3) is 5.56 Å². The fourth-order valence-corrected chi connectivity index (χ4v) is 4.39. The number of fused-ring (bicyclic) bond motifs is 1. The SMILES string of the molecule is O=C(Nc1cnc2sccn2c1=O)N1CCCCC1c1nccs1. The standard InChI is InChI=1S/C15H15N5O2S2/c21-13-10(9-17-15-20(13)6-8-24-15)18-14(22)19-5-2-1-3-11(19)12-16-4-7-23-12/h4,6-9,11H,1-3,5H2,(H,18,22). The van der Waals surface area contributed by atoms with Crippen molar-refractivity contribution in [2.75, 3.05) is 11.9 Å². The van der Waals surface area contributed by atoms with E-state index in [0.29, 0.717) is 11.5 Å². The molecule has 1 fully saturated rings. The van der Waals surface area contributed by atoms with Crippen LogP contribution in [0.15, 0.2) is 34.1 Å². The highest BCUT2D eigenvalue weighted by atomic mass is 32.1. The molecule has 1 saturated heterocycles. The van der Waals surface area contributed by atoms with Crippen LogP contribution in [0.1, 0.15) is 30.3 Å². The molecule has 1 unspecified atom stereocenters. The molecule has 2 amide bonds. The highest BCUT2D eigenvalue weighted by Gasteiger charge is 2.30. The second-order valence-corrected chi connectivity index (χ2v) is 7.34. The van der Waals surface area contributed by atoms with Gasteiger partial charge in [0, 0.05) is 29.7 Å². The highest BCUT2D eigenvalue weighted by molar-refractivity contribution is 7.15. The first-order valence-electron chi connectivity index (χ1n) is 7.66. The van der Waals surface area contributed by atoms with Crippen LogP contribution in [0.4, 0.5) is 10.5 Å². The molecule has 0 radical (unpaired) electrons. The van der Waals surface area contributed by atoms with Gasteiger partial charge in [-0.05, 0) is 19.3 Å². The van der Waals surface area contributed by atoms with E-state index in [9.17, 15) is 9.59 Å². The van der Waals surface area contributed by atoms with E-state index < -0.39 is 0 Å². The Hall–Kier alpha value is -2.26. The maximum atomic E-state index is 12.7. The Morgan fingerprint density at radius 3 is 3.00 bits per heavy atom. The smallest absolute Gasteiger partial charge is 0.315 e. The van der Waals surface area contributed by atoms with Gasteiger partial charge in [-0.25, -0.2) is 14.8 Å². The average molecular weight is 361 g/mol. The van der Waals surface area contributed by atoms with Gasteiger partial charge in [0.1, 0.15) is 10.7 Å². The number of nitrogens with one attached hydrogen (secondary N) is 1. The average Bonchev–Trinajstić information content (AvgIpc) is 3.29. The van der Waals surface area contributed by atoms with Crippen LogP contribution in [-0.4, -0.2) is 31.8 Å². The van der Waals surface area contributed by atoms with E-state index >= 15 is 0 Å². The molecule has 1 N–H and O–H groups in total. The van der Waals surface area contributed by atoms with Crippen LogP contribution in [0.25, 0.3) is 4.96 Å². The van der Waals surface area contributed by atoms with E-state index in [2.05, 4.69) is 15.3 Å². The number of aromatic nitrogens is 3. The normalized spacial score (nSPS) is 18.0. The molecule has 124 valence electrons. The third-order valence-electron chi connectivity index (χ3n) is 4.08. The molecule has 0 bridgehead atoms. The summed E-state index contributed by atoms with van der Waals surface area (Å²) in [5, 5.41) is 7.37. The van der Waals surface area contributed by atoms with Crippen LogP contribution in [0.5, 0.6) is 0 Å². The number of likely N-dealkylation sites (tertiary alicyclic amines) is 1. The molecule has 7 nitrogen and oxygen atoms in total. The van der Waals surface area contributed by atoms with Crippen LogP contribution in [0, 0.1) is 0 Å². The molecule has 0 aromatic carbocycles. The Morgan fingerprint density at radius 1 is 1.25 bits per heavy atom. The predicted molar refractivity (Wildman–Crippen MR) is 93.8 cm³/mol. The van der Waals surface area contributed by atoms with Crippen molar-refractivity contribution in [2.24, 2.45) is 0 Å². The van der Waals surface area contributed by atoms with Gasteiger partial charge in [-0.15, -0.1) is 22.7 Å². The number of rotatable bonds is 2. The summed E-state index contributed by atoms with van der Waals surface area (Å²) in [5.74, 6) is 0. The molecule has 3 aromatic rings. The predicted octanol–water partition coefficient (Wildman–Crippen LogP) is 2.97. The minimum Gasteiger partial charge on any atom is -0.315 e. The highest BCUT2D eigenvalue weighted by Crippen LogP contribution is 2.32. The summed E-state index contributed by atoms with van der Waals surface area (Å²) in [4.78, 5) is 36.1. The fourth-order valence-electron chi connectivity index (χ4n) is 2.93. The van der Waals surface area contributed by atoms with Gasteiger partial charge in [-0.2, -0.15) is 0 Å². The van der Waals surface area contributed by atoms with Crippen molar-refractivity contribution in [3.8, 4) is 0 Å². The van der Waals surface area contributed by atoms with E-state index in [0.717, 1.165) is 24.3 Å². The van der Waals surface area contributed by atoms with Gasteiger partial charge in [0.2, 0.25) is 0 Å². The topological polar surface area (TPSA) is 79.6 Å². The molecule has 4 rings (SSSR count).